The molecule has 1 atom stereocenters. The summed E-state index contributed by atoms with van der Waals surface area (Å²) in [6.45, 7) is 0.361. The molecule has 0 saturated carbocycles. The van der Waals surface area contributed by atoms with E-state index in [0.717, 1.165) is 35.4 Å². The van der Waals surface area contributed by atoms with Crippen molar-refractivity contribution >= 4 is 11.6 Å². The molecule has 0 saturated heterocycles. The first-order valence-electron chi connectivity index (χ1n) is 10.3. The number of anilines is 1. The number of rotatable bonds is 7. The van der Waals surface area contributed by atoms with Crippen LogP contribution in [0.15, 0.2) is 72.8 Å². The lowest BCUT2D eigenvalue weighted by Gasteiger charge is -2.15. The van der Waals surface area contributed by atoms with E-state index in [9.17, 15) is 4.79 Å². The Balaban J connectivity index is 1.37. The third-order valence-corrected chi connectivity index (χ3v) is 5.58. The first kappa shape index (κ1) is 19.7. The molecular formula is C26H24N2O2. The van der Waals surface area contributed by atoms with E-state index >= 15 is 0 Å². The number of hydrogen-bond donors (Lipinski definition) is 1. The zero-order valence-electron chi connectivity index (χ0n) is 16.8. The number of para-hydroxylation sites is 1. The molecule has 0 aromatic heterocycles. The number of hydrogen-bond acceptors (Lipinski definition) is 3. The molecule has 1 N–H and O–H groups in total. The highest BCUT2D eigenvalue weighted by Gasteiger charge is 2.24. The number of fused-ring (bicyclic) bond motifs is 1. The van der Waals surface area contributed by atoms with Crippen molar-refractivity contribution in [3.8, 4) is 11.8 Å². The van der Waals surface area contributed by atoms with Crippen LogP contribution in [0.3, 0.4) is 0 Å². The molecule has 0 heterocycles. The number of carbonyl (C=O) groups is 1. The van der Waals surface area contributed by atoms with Crippen molar-refractivity contribution in [3.63, 3.8) is 0 Å². The Morgan fingerprint density at radius 2 is 1.80 bits per heavy atom. The maximum atomic E-state index is 12.7. The van der Waals surface area contributed by atoms with Crippen LogP contribution in [0.4, 0.5) is 5.69 Å². The van der Waals surface area contributed by atoms with Gasteiger partial charge in [-0.1, -0.05) is 54.6 Å². The highest BCUT2D eigenvalue weighted by Crippen LogP contribution is 2.35. The van der Waals surface area contributed by atoms with Crippen molar-refractivity contribution < 1.29 is 9.53 Å². The summed E-state index contributed by atoms with van der Waals surface area (Å²) in [6.07, 6.45) is 2.96. The SMILES string of the molecule is N#CCc1ccc(OCc2ccccc2NC(=O)CC2CCc3ccccc32)cc1. The smallest absolute Gasteiger partial charge is 0.224 e. The lowest BCUT2D eigenvalue weighted by molar-refractivity contribution is -0.116. The number of amides is 1. The highest BCUT2D eigenvalue weighted by atomic mass is 16.5. The second-order valence-corrected chi connectivity index (χ2v) is 7.61. The van der Waals surface area contributed by atoms with E-state index in [4.69, 9.17) is 10.00 Å². The van der Waals surface area contributed by atoms with Gasteiger partial charge in [-0.3, -0.25) is 4.79 Å². The molecule has 0 aliphatic heterocycles. The number of ether oxygens (including phenoxy) is 1. The van der Waals surface area contributed by atoms with E-state index < -0.39 is 0 Å². The number of benzene rings is 3. The second kappa shape index (κ2) is 9.28. The van der Waals surface area contributed by atoms with Gasteiger partial charge in [0.15, 0.2) is 0 Å². The molecule has 30 heavy (non-hydrogen) atoms. The summed E-state index contributed by atoms with van der Waals surface area (Å²) in [4.78, 5) is 12.7. The van der Waals surface area contributed by atoms with Crippen molar-refractivity contribution in [1.82, 2.24) is 0 Å². The Hall–Kier alpha value is -3.58. The van der Waals surface area contributed by atoms with Gasteiger partial charge in [0.2, 0.25) is 5.91 Å². The standard InChI is InChI=1S/C26H24N2O2/c27-16-15-19-9-13-23(14-10-19)30-18-22-6-2-4-8-25(22)28-26(29)17-21-12-11-20-5-1-3-7-24(20)21/h1-10,13-14,21H,11-12,15,17-18H2,(H,28,29). The molecule has 1 aliphatic rings. The molecule has 1 aliphatic carbocycles. The minimum Gasteiger partial charge on any atom is -0.489 e. The van der Waals surface area contributed by atoms with Gasteiger partial charge in [-0.2, -0.15) is 5.26 Å². The van der Waals surface area contributed by atoms with Crippen molar-refractivity contribution in [2.45, 2.75) is 38.2 Å². The van der Waals surface area contributed by atoms with Crippen molar-refractivity contribution in [3.05, 3.63) is 95.1 Å². The molecule has 0 fully saturated rings. The van der Waals surface area contributed by atoms with Gasteiger partial charge in [-0.15, -0.1) is 0 Å². The van der Waals surface area contributed by atoms with Gasteiger partial charge in [0.1, 0.15) is 12.4 Å². The molecule has 4 heteroatoms. The molecule has 3 aromatic carbocycles. The molecular weight excluding hydrogens is 372 g/mol. The lowest BCUT2D eigenvalue weighted by Crippen LogP contribution is -2.16. The van der Waals surface area contributed by atoms with Gasteiger partial charge in [0.05, 0.1) is 12.5 Å². The zero-order valence-corrected chi connectivity index (χ0v) is 16.8. The van der Waals surface area contributed by atoms with Crippen LogP contribution in [0.2, 0.25) is 0 Å². The van der Waals surface area contributed by atoms with Crippen molar-refractivity contribution in [2.75, 3.05) is 5.32 Å². The molecule has 3 aromatic rings. The van der Waals surface area contributed by atoms with Crippen molar-refractivity contribution in [1.29, 1.82) is 5.26 Å². The van der Waals surface area contributed by atoms with Crippen LogP contribution in [0.1, 0.15) is 41.0 Å². The summed E-state index contributed by atoms with van der Waals surface area (Å²) in [7, 11) is 0. The van der Waals surface area contributed by atoms with Crippen LogP contribution in [-0.4, -0.2) is 5.91 Å². The summed E-state index contributed by atoms with van der Waals surface area (Å²) in [5.41, 5.74) is 5.36. The molecule has 4 rings (SSSR count). The molecule has 150 valence electrons. The third-order valence-electron chi connectivity index (χ3n) is 5.58. The summed E-state index contributed by atoms with van der Waals surface area (Å²) in [5.74, 6) is 1.06. The Morgan fingerprint density at radius 3 is 2.63 bits per heavy atom. The number of nitriles is 1. The molecule has 4 nitrogen and oxygen atoms in total. The van der Waals surface area contributed by atoms with E-state index in [1.807, 2.05) is 48.5 Å². The maximum absolute atomic E-state index is 12.7. The normalized spacial score (nSPS) is 14.6. The van der Waals surface area contributed by atoms with Crippen LogP contribution in [0, 0.1) is 11.3 Å². The van der Waals surface area contributed by atoms with E-state index in [1.54, 1.807) is 0 Å². The summed E-state index contributed by atoms with van der Waals surface area (Å²) < 4.78 is 5.89. The summed E-state index contributed by atoms with van der Waals surface area (Å²) >= 11 is 0. The van der Waals surface area contributed by atoms with Crippen LogP contribution in [0.5, 0.6) is 5.75 Å². The number of nitrogens with zero attached hydrogens (tertiary/aromatic N) is 1. The molecule has 1 amide bonds. The average molecular weight is 396 g/mol. The summed E-state index contributed by atoms with van der Waals surface area (Å²) in [5, 5.41) is 11.8. The van der Waals surface area contributed by atoms with E-state index in [2.05, 4.69) is 35.7 Å². The fourth-order valence-corrected chi connectivity index (χ4v) is 4.01. The minimum absolute atomic E-state index is 0.0324. The molecule has 0 radical (unpaired) electrons. The van der Waals surface area contributed by atoms with Gasteiger partial charge >= 0.3 is 0 Å². The quantitative estimate of drug-likeness (QED) is 0.582. The van der Waals surface area contributed by atoms with Gasteiger partial charge in [-0.25, -0.2) is 0 Å². The first-order valence-corrected chi connectivity index (χ1v) is 10.3. The first-order chi connectivity index (χ1) is 14.7. The highest BCUT2D eigenvalue weighted by molar-refractivity contribution is 5.92. The Labute approximate surface area is 177 Å². The summed E-state index contributed by atoms with van der Waals surface area (Å²) in [6, 6.07) is 25.8. The topological polar surface area (TPSA) is 62.1 Å². The number of nitrogens with one attached hydrogen (secondary N) is 1. The maximum Gasteiger partial charge on any atom is 0.224 e. The van der Waals surface area contributed by atoms with Crippen LogP contribution in [0.25, 0.3) is 0 Å². The number of aryl methyl sites for hydroxylation is 1. The van der Waals surface area contributed by atoms with Gasteiger partial charge < -0.3 is 10.1 Å². The van der Waals surface area contributed by atoms with E-state index in [0.29, 0.717) is 19.4 Å². The van der Waals surface area contributed by atoms with Crippen molar-refractivity contribution in [2.24, 2.45) is 0 Å². The van der Waals surface area contributed by atoms with E-state index in [1.165, 1.54) is 11.1 Å². The zero-order chi connectivity index (χ0) is 20.8. The fraction of sp³-hybridized carbons (Fsp3) is 0.231. The van der Waals surface area contributed by atoms with Gasteiger partial charge in [0, 0.05) is 17.7 Å². The number of carbonyl (C=O) groups excluding carboxylic acids is 1. The van der Waals surface area contributed by atoms with Gasteiger partial charge in [0.25, 0.3) is 0 Å². The van der Waals surface area contributed by atoms with Crippen LogP contribution >= 0.6 is 0 Å². The predicted molar refractivity (Wildman–Crippen MR) is 117 cm³/mol. The van der Waals surface area contributed by atoms with Crippen LogP contribution < -0.4 is 10.1 Å². The third kappa shape index (κ3) is 4.69. The monoisotopic (exact) mass is 396 g/mol. The molecule has 0 spiro atoms. The Kier molecular flexibility index (Phi) is 6.10. The predicted octanol–water partition coefficient (Wildman–Crippen LogP) is 5.39. The fourth-order valence-electron chi connectivity index (χ4n) is 4.01. The lowest BCUT2D eigenvalue weighted by atomic mass is 9.97. The molecule has 1 unspecified atom stereocenters. The van der Waals surface area contributed by atoms with E-state index in [-0.39, 0.29) is 11.8 Å². The largest absolute Gasteiger partial charge is 0.489 e. The van der Waals surface area contributed by atoms with Crippen LogP contribution in [-0.2, 0) is 24.2 Å². The second-order valence-electron chi connectivity index (χ2n) is 7.61. The average Bonchev–Trinajstić information content (AvgIpc) is 3.17. The Bertz CT molecular complexity index is 1070. The Morgan fingerprint density at radius 1 is 1.03 bits per heavy atom. The minimum atomic E-state index is 0.0324. The molecule has 0 bridgehead atoms. The van der Waals surface area contributed by atoms with Gasteiger partial charge in [-0.05, 0) is 53.6 Å².